The normalized spacial score (nSPS) is 11.5. The molecule has 0 saturated heterocycles. The van der Waals surface area contributed by atoms with Gasteiger partial charge in [0.2, 0.25) is 0 Å². The third kappa shape index (κ3) is 2.35. The maximum Gasteiger partial charge on any atom is 0.433 e. The molecule has 0 atom stereocenters. The van der Waals surface area contributed by atoms with E-state index in [1.165, 1.54) is 5.56 Å². The van der Waals surface area contributed by atoms with Gasteiger partial charge in [0, 0.05) is 11.8 Å². The fourth-order valence-electron chi connectivity index (χ4n) is 1.23. The molecule has 6 heteroatoms. The highest BCUT2D eigenvalue weighted by Crippen LogP contribution is 2.41. The first-order valence-electron chi connectivity index (χ1n) is 4.65. The van der Waals surface area contributed by atoms with E-state index in [0.29, 0.717) is 5.75 Å². The largest absolute Gasteiger partial charge is 0.507 e. The van der Waals surface area contributed by atoms with Crippen molar-refractivity contribution in [3.05, 3.63) is 42.5 Å². The Morgan fingerprint density at radius 1 is 1.12 bits per heavy atom. The Balaban J connectivity index is 0.000000134. The highest BCUT2D eigenvalue weighted by Gasteiger charge is 2.31. The van der Waals surface area contributed by atoms with E-state index in [4.69, 9.17) is 5.11 Å². The number of fused-ring (bicyclic) bond motifs is 1. The van der Waals surface area contributed by atoms with E-state index in [1.54, 1.807) is 6.07 Å². The van der Waals surface area contributed by atoms with Gasteiger partial charge >= 0.3 is 6.18 Å². The van der Waals surface area contributed by atoms with Crippen LogP contribution in [0.3, 0.4) is 0 Å². The maximum atomic E-state index is 11.7. The van der Waals surface area contributed by atoms with Crippen LogP contribution in [0.4, 0.5) is 13.2 Å². The SMILES string of the molecule is FC(F)(F)c1ccncn1.Oc1cc2ccc1-2. The van der Waals surface area contributed by atoms with Gasteiger partial charge in [-0.15, -0.1) is 0 Å². The molecule has 2 aliphatic carbocycles. The van der Waals surface area contributed by atoms with Crippen molar-refractivity contribution in [1.29, 1.82) is 0 Å². The van der Waals surface area contributed by atoms with Gasteiger partial charge in [0.25, 0.3) is 0 Å². The van der Waals surface area contributed by atoms with Gasteiger partial charge in [0.15, 0.2) is 0 Å². The summed E-state index contributed by atoms with van der Waals surface area (Å²) in [5.74, 6) is 0.442. The van der Waals surface area contributed by atoms with Crippen LogP contribution in [0.25, 0.3) is 11.1 Å². The Morgan fingerprint density at radius 3 is 2.06 bits per heavy atom. The molecule has 3 nitrogen and oxygen atoms in total. The molecule has 1 N–H and O–H groups in total. The summed E-state index contributed by atoms with van der Waals surface area (Å²) in [5.41, 5.74) is 1.31. The van der Waals surface area contributed by atoms with E-state index < -0.39 is 11.9 Å². The zero-order valence-electron chi connectivity index (χ0n) is 8.44. The summed E-state index contributed by atoms with van der Waals surface area (Å²) in [6.45, 7) is 0. The fraction of sp³-hybridized carbons (Fsp3) is 0.0909. The molecule has 0 aliphatic heterocycles. The third-order valence-corrected chi connectivity index (χ3v) is 2.18. The van der Waals surface area contributed by atoms with Crippen molar-refractivity contribution < 1.29 is 18.3 Å². The summed E-state index contributed by atoms with van der Waals surface area (Å²) in [7, 11) is 0. The fourth-order valence-corrected chi connectivity index (χ4v) is 1.23. The number of hydrogen-bond donors (Lipinski definition) is 1. The van der Waals surface area contributed by atoms with Gasteiger partial charge in [0.1, 0.15) is 17.8 Å². The average Bonchev–Trinajstić information content (AvgIpc) is 2.26. The van der Waals surface area contributed by atoms with Gasteiger partial charge in [-0.1, -0.05) is 12.1 Å². The highest BCUT2D eigenvalue weighted by atomic mass is 19.4. The van der Waals surface area contributed by atoms with Crippen molar-refractivity contribution in [2.24, 2.45) is 0 Å². The number of aromatic hydroxyl groups is 1. The van der Waals surface area contributed by atoms with Gasteiger partial charge in [0.05, 0.1) is 0 Å². The summed E-state index contributed by atoms with van der Waals surface area (Å²) in [4.78, 5) is 6.36. The lowest BCUT2D eigenvalue weighted by molar-refractivity contribution is -0.141. The van der Waals surface area contributed by atoms with Gasteiger partial charge in [-0.3, -0.25) is 0 Å². The van der Waals surface area contributed by atoms with Crippen LogP contribution in [0.5, 0.6) is 5.75 Å². The predicted molar refractivity (Wildman–Crippen MR) is 54.1 cm³/mol. The molecule has 0 aromatic carbocycles. The van der Waals surface area contributed by atoms with Crippen LogP contribution in [-0.4, -0.2) is 15.1 Å². The Morgan fingerprint density at radius 2 is 1.88 bits per heavy atom. The number of hydrogen-bond acceptors (Lipinski definition) is 3. The highest BCUT2D eigenvalue weighted by molar-refractivity contribution is 5.83. The van der Waals surface area contributed by atoms with Gasteiger partial charge in [-0.2, -0.15) is 13.2 Å². The summed E-state index contributed by atoms with van der Waals surface area (Å²) in [5, 5.41) is 8.69. The molecule has 0 amide bonds. The monoisotopic (exact) mass is 240 g/mol. The molecule has 0 fully saturated rings. The van der Waals surface area contributed by atoms with Gasteiger partial charge in [-0.05, 0) is 17.7 Å². The number of nitrogens with zero attached hydrogens (tertiary/aromatic N) is 2. The quantitative estimate of drug-likeness (QED) is 0.657. The van der Waals surface area contributed by atoms with Crippen molar-refractivity contribution in [1.82, 2.24) is 9.97 Å². The third-order valence-electron chi connectivity index (χ3n) is 2.18. The van der Waals surface area contributed by atoms with Crippen LogP contribution in [0.15, 0.2) is 36.8 Å². The number of phenols is 1. The molecule has 88 valence electrons. The maximum absolute atomic E-state index is 11.7. The van der Waals surface area contributed by atoms with Crippen LogP contribution < -0.4 is 0 Å². The lowest BCUT2D eigenvalue weighted by atomic mass is 9.93. The van der Waals surface area contributed by atoms with E-state index in [0.717, 1.165) is 24.2 Å². The second-order valence-corrected chi connectivity index (χ2v) is 3.32. The van der Waals surface area contributed by atoms with Crippen molar-refractivity contribution in [2.45, 2.75) is 6.18 Å². The molecule has 2 aliphatic rings. The number of aromatic nitrogens is 2. The van der Waals surface area contributed by atoms with Crippen LogP contribution in [0.1, 0.15) is 5.69 Å². The topological polar surface area (TPSA) is 46.0 Å². The zero-order chi connectivity index (χ0) is 12.5. The van der Waals surface area contributed by atoms with E-state index in [-0.39, 0.29) is 0 Å². The minimum atomic E-state index is -4.36. The van der Waals surface area contributed by atoms with Crippen LogP contribution >= 0.6 is 0 Å². The number of benzene rings is 1. The molecule has 0 unspecified atom stereocenters. The minimum absolute atomic E-state index is 0.442. The van der Waals surface area contributed by atoms with Crippen LogP contribution in [-0.2, 0) is 6.18 Å². The number of rotatable bonds is 0. The molecule has 1 aromatic rings. The summed E-state index contributed by atoms with van der Waals surface area (Å²) in [6.07, 6.45) is -2.44. The number of phenolic OH excluding ortho intramolecular Hbond substituents is 1. The minimum Gasteiger partial charge on any atom is -0.507 e. The lowest BCUT2D eigenvalue weighted by Gasteiger charge is -2.14. The standard InChI is InChI=1S/C6H4O.C5H3F3N2/c7-6-3-4-1-2-5(4)6;6-5(7,8)4-1-2-9-3-10-4/h1-3,7H;1-3H. The van der Waals surface area contributed by atoms with Crippen molar-refractivity contribution in [3.63, 3.8) is 0 Å². The predicted octanol–water partition coefficient (Wildman–Crippen LogP) is 2.87. The van der Waals surface area contributed by atoms with E-state index in [9.17, 15) is 13.2 Å². The molecule has 0 radical (unpaired) electrons. The molecule has 17 heavy (non-hydrogen) atoms. The van der Waals surface area contributed by atoms with E-state index in [2.05, 4.69) is 9.97 Å². The average molecular weight is 240 g/mol. The second-order valence-electron chi connectivity index (χ2n) is 3.32. The molecule has 1 heterocycles. The van der Waals surface area contributed by atoms with Crippen LogP contribution in [0.2, 0.25) is 0 Å². The molecule has 1 aromatic heterocycles. The van der Waals surface area contributed by atoms with Crippen molar-refractivity contribution >= 4 is 0 Å². The Bertz CT molecular complexity index is 526. The summed E-state index contributed by atoms with van der Waals surface area (Å²) in [6, 6.07) is 6.47. The number of halogens is 3. The summed E-state index contributed by atoms with van der Waals surface area (Å²) >= 11 is 0. The van der Waals surface area contributed by atoms with Crippen LogP contribution in [0, 0.1) is 0 Å². The van der Waals surface area contributed by atoms with Gasteiger partial charge < -0.3 is 5.11 Å². The van der Waals surface area contributed by atoms with E-state index >= 15 is 0 Å². The first kappa shape index (κ1) is 11.4. The second kappa shape index (κ2) is 4.04. The Kier molecular flexibility index (Phi) is 2.71. The zero-order valence-corrected chi connectivity index (χ0v) is 8.44. The number of alkyl halides is 3. The summed E-state index contributed by atoms with van der Waals surface area (Å²) < 4.78 is 35.1. The molecule has 0 bridgehead atoms. The molecule has 3 rings (SSSR count). The molecule has 0 spiro atoms. The van der Waals surface area contributed by atoms with Gasteiger partial charge in [-0.25, -0.2) is 9.97 Å². The molecular formula is C11H7F3N2O. The first-order chi connectivity index (χ1) is 7.98. The Labute approximate surface area is 94.6 Å². The smallest absolute Gasteiger partial charge is 0.433 e. The molecular weight excluding hydrogens is 233 g/mol. The van der Waals surface area contributed by atoms with Crippen molar-refractivity contribution in [3.8, 4) is 16.9 Å². The van der Waals surface area contributed by atoms with Crippen molar-refractivity contribution in [2.75, 3.05) is 0 Å². The molecule has 0 saturated carbocycles. The lowest BCUT2D eigenvalue weighted by Crippen LogP contribution is -2.07. The first-order valence-corrected chi connectivity index (χ1v) is 4.65. The Hall–Kier alpha value is -2.11. The van der Waals surface area contributed by atoms with E-state index in [1.807, 2.05) is 12.1 Å².